The number of methoxy groups -OCH3 is 1. The first-order valence-electron chi connectivity index (χ1n) is 7.19. The molecule has 1 aromatic carbocycles. The van der Waals surface area contributed by atoms with Gasteiger partial charge in [0.2, 0.25) is 0 Å². The lowest BCUT2D eigenvalue weighted by molar-refractivity contribution is 0.373. The first kappa shape index (κ1) is 14.2. The number of likely N-dealkylation sites (N-methyl/N-ethyl adjacent to an activating group) is 1. The van der Waals surface area contributed by atoms with Crippen molar-refractivity contribution in [3.8, 4) is 5.75 Å². The van der Waals surface area contributed by atoms with Gasteiger partial charge >= 0.3 is 0 Å². The molecule has 0 radical (unpaired) electrons. The van der Waals surface area contributed by atoms with Crippen molar-refractivity contribution in [2.45, 2.75) is 51.6 Å². The summed E-state index contributed by atoms with van der Waals surface area (Å²) in [5.41, 5.74) is 10.1. The third-order valence-corrected chi connectivity index (χ3v) is 4.59. The van der Waals surface area contributed by atoms with Crippen LogP contribution in [0.15, 0.2) is 12.1 Å². The number of nitrogens with two attached hydrogens (primary N) is 1. The van der Waals surface area contributed by atoms with E-state index >= 15 is 0 Å². The Morgan fingerprint density at radius 2 is 1.84 bits per heavy atom. The largest absolute Gasteiger partial charge is 0.496 e. The zero-order chi connectivity index (χ0) is 14.0. The molecular formula is C16H26N2O. The van der Waals surface area contributed by atoms with Crippen LogP contribution in [0.1, 0.15) is 36.8 Å². The summed E-state index contributed by atoms with van der Waals surface area (Å²) < 4.78 is 5.38. The van der Waals surface area contributed by atoms with Crippen molar-refractivity contribution in [1.29, 1.82) is 0 Å². The summed E-state index contributed by atoms with van der Waals surface area (Å²) in [5, 5.41) is 0. The lowest BCUT2D eigenvalue weighted by Gasteiger charge is -2.38. The van der Waals surface area contributed by atoms with E-state index in [2.05, 4.69) is 37.9 Å². The number of rotatable bonds is 3. The van der Waals surface area contributed by atoms with Crippen LogP contribution in [0.2, 0.25) is 0 Å². The molecule has 0 aromatic heterocycles. The van der Waals surface area contributed by atoms with Crippen LogP contribution in [0.25, 0.3) is 0 Å². The van der Waals surface area contributed by atoms with Crippen molar-refractivity contribution < 1.29 is 4.74 Å². The highest BCUT2D eigenvalue weighted by molar-refractivity contribution is 5.60. The molecule has 0 bridgehead atoms. The first-order valence-corrected chi connectivity index (χ1v) is 7.19. The molecule has 2 rings (SSSR count). The van der Waals surface area contributed by atoms with Crippen LogP contribution in [0.5, 0.6) is 5.75 Å². The molecule has 2 unspecified atom stereocenters. The predicted molar refractivity (Wildman–Crippen MR) is 81.1 cm³/mol. The summed E-state index contributed by atoms with van der Waals surface area (Å²) in [6.45, 7) is 4.28. The summed E-state index contributed by atoms with van der Waals surface area (Å²) >= 11 is 0. The van der Waals surface area contributed by atoms with E-state index in [1.807, 2.05) is 0 Å². The fourth-order valence-electron chi connectivity index (χ4n) is 3.18. The molecule has 1 aromatic rings. The maximum atomic E-state index is 6.30. The Balaban J connectivity index is 2.28. The van der Waals surface area contributed by atoms with Crippen LogP contribution in [-0.4, -0.2) is 26.2 Å². The van der Waals surface area contributed by atoms with Crippen molar-refractivity contribution in [3.05, 3.63) is 23.3 Å². The lowest BCUT2D eigenvalue weighted by atomic mass is 9.89. The van der Waals surface area contributed by atoms with Gasteiger partial charge in [-0.2, -0.15) is 0 Å². The van der Waals surface area contributed by atoms with Gasteiger partial charge in [-0.3, -0.25) is 0 Å². The van der Waals surface area contributed by atoms with Crippen molar-refractivity contribution in [1.82, 2.24) is 0 Å². The first-order chi connectivity index (χ1) is 9.06. The lowest BCUT2D eigenvalue weighted by Crippen LogP contribution is -2.48. The van der Waals surface area contributed by atoms with Crippen LogP contribution in [-0.2, 0) is 0 Å². The summed E-state index contributed by atoms with van der Waals surface area (Å²) in [6.07, 6.45) is 4.90. The predicted octanol–water partition coefficient (Wildman–Crippen LogP) is 3.02. The van der Waals surface area contributed by atoms with Crippen molar-refractivity contribution in [3.63, 3.8) is 0 Å². The Labute approximate surface area is 116 Å². The number of anilines is 1. The van der Waals surface area contributed by atoms with E-state index < -0.39 is 0 Å². The maximum Gasteiger partial charge on any atom is 0.122 e. The van der Waals surface area contributed by atoms with Crippen LogP contribution < -0.4 is 15.4 Å². The van der Waals surface area contributed by atoms with Gasteiger partial charge in [-0.1, -0.05) is 12.8 Å². The highest BCUT2D eigenvalue weighted by Crippen LogP contribution is 2.32. The van der Waals surface area contributed by atoms with E-state index in [9.17, 15) is 0 Å². The molecule has 1 saturated carbocycles. The van der Waals surface area contributed by atoms with Gasteiger partial charge in [-0.05, 0) is 49.9 Å². The molecule has 3 heteroatoms. The minimum absolute atomic E-state index is 0.292. The second-order valence-corrected chi connectivity index (χ2v) is 5.66. The van der Waals surface area contributed by atoms with Gasteiger partial charge in [-0.15, -0.1) is 0 Å². The number of nitrogens with zero attached hydrogens (tertiary/aromatic N) is 1. The van der Waals surface area contributed by atoms with Crippen molar-refractivity contribution in [2.24, 2.45) is 5.73 Å². The second-order valence-electron chi connectivity index (χ2n) is 5.66. The molecule has 0 heterocycles. The maximum absolute atomic E-state index is 6.30. The molecule has 0 saturated heterocycles. The monoisotopic (exact) mass is 262 g/mol. The molecular weight excluding hydrogens is 236 g/mol. The van der Waals surface area contributed by atoms with Gasteiger partial charge in [0.25, 0.3) is 0 Å². The standard InChI is InChI=1S/C16H26N2O/c1-11-12(2)16(19-4)10-9-14(11)18(3)15-8-6-5-7-13(15)17/h9-10,13,15H,5-8,17H2,1-4H3. The SMILES string of the molecule is COc1ccc(N(C)C2CCCCC2N)c(C)c1C. The molecule has 2 N–H and O–H groups in total. The highest BCUT2D eigenvalue weighted by atomic mass is 16.5. The van der Waals surface area contributed by atoms with E-state index in [1.54, 1.807) is 7.11 Å². The van der Waals surface area contributed by atoms with E-state index in [4.69, 9.17) is 10.5 Å². The van der Waals surface area contributed by atoms with Gasteiger partial charge < -0.3 is 15.4 Å². The molecule has 0 spiro atoms. The van der Waals surface area contributed by atoms with Crippen molar-refractivity contribution in [2.75, 3.05) is 19.1 Å². The van der Waals surface area contributed by atoms with E-state index in [1.165, 1.54) is 36.1 Å². The molecule has 1 fully saturated rings. The summed E-state index contributed by atoms with van der Waals surface area (Å²) in [5.74, 6) is 0.961. The number of benzene rings is 1. The van der Waals surface area contributed by atoms with Crippen molar-refractivity contribution >= 4 is 5.69 Å². The van der Waals surface area contributed by atoms with Crippen LogP contribution >= 0.6 is 0 Å². The third-order valence-electron chi connectivity index (χ3n) is 4.59. The Morgan fingerprint density at radius 1 is 1.16 bits per heavy atom. The second kappa shape index (κ2) is 5.83. The van der Waals surface area contributed by atoms with E-state index in [0.29, 0.717) is 12.1 Å². The molecule has 2 atom stereocenters. The Hall–Kier alpha value is -1.22. The molecule has 1 aliphatic rings. The van der Waals surface area contributed by atoms with Crippen LogP contribution in [0.3, 0.4) is 0 Å². The topological polar surface area (TPSA) is 38.5 Å². The summed E-state index contributed by atoms with van der Waals surface area (Å²) in [6, 6.07) is 4.96. The van der Waals surface area contributed by atoms with Gasteiger partial charge in [0.1, 0.15) is 5.75 Å². The molecule has 0 amide bonds. The average Bonchev–Trinajstić information content (AvgIpc) is 2.41. The third kappa shape index (κ3) is 2.71. The van der Waals surface area contributed by atoms with E-state index in [-0.39, 0.29) is 0 Å². The van der Waals surface area contributed by atoms with Gasteiger partial charge in [-0.25, -0.2) is 0 Å². The van der Waals surface area contributed by atoms with Crippen LogP contribution in [0, 0.1) is 13.8 Å². The smallest absolute Gasteiger partial charge is 0.122 e. The minimum Gasteiger partial charge on any atom is -0.496 e. The molecule has 19 heavy (non-hydrogen) atoms. The summed E-state index contributed by atoms with van der Waals surface area (Å²) in [7, 11) is 3.90. The quantitative estimate of drug-likeness (QED) is 0.910. The number of hydrogen-bond donors (Lipinski definition) is 1. The Morgan fingerprint density at radius 3 is 2.47 bits per heavy atom. The number of hydrogen-bond acceptors (Lipinski definition) is 3. The fraction of sp³-hybridized carbons (Fsp3) is 0.625. The van der Waals surface area contributed by atoms with Crippen LogP contribution in [0.4, 0.5) is 5.69 Å². The molecule has 0 aliphatic heterocycles. The van der Waals surface area contributed by atoms with Gasteiger partial charge in [0, 0.05) is 24.8 Å². The minimum atomic E-state index is 0.292. The average molecular weight is 262 g/mol. The van der Waals surface area contributed by atoms with Gasteiger partial charge in [0.05, 0.1) is 7.11 Å². The van der Waals surface area contributed by atoms with E-state index in [0.717, 1.165) is 12.2 Å². The molecule has 106 valence electrons. The Bertz CT molecular complexity index is 445. The molecule has 1 aliphatic carbocycles. The zero-order valence-electron chi connectivity index (χ0n) is 12.6. The number of ether oxygens (including phenoxy) is 1. The zero-order valence-corrected chi connectivity index (χ0v) is 12.6. The summed E-state index contributed by atoms with van der Waals surface area (Å²) in [4.78, 5) is 2.37. The molecule has 3 nitrogen and oxygen atoms in total. The normalized spacial score (nSPS) is 23.2. The highest BCUT2D eigenvalue weighted by Gasteiger charge is 2.26. The van der Waals surface area contributed by atoms with Gasteiger partial charge in [0.15, 0.2) is 0 Å². The Kier molecular flexibility index (Phi) is 4.35. The fourth-order valence-corrected chi connectivity index (χ4v) is 3.18.